The van der Waals surface area contributed by atoms with Gasteiger partial charge in [-0.25, -0.2) is 4.98 Å². The lowest BCUT2D eigenvalue weighted by molar-refractivity contribution is -0.274. The van der Waals surface area contributed by atoms with Crippen LogP contribution < -0.4 is 10.5 Å². The molecule has 3 nitrogen and oxygen atoms in total. The van der Waals surface area contributed by atoms with Crippen molar-refractivity contribution in [1.82, 2.24) is 4.98 Å². The summed E-state index contributed by atoms with van der Waals surface area (Å²) in [6.07, 6.45) is -0.644. The number of rotatable bonds is 7. The van der Waals surface area contributed by atoms with Crippen LogP contribution in [-0.2, 0) is 6.42 Å². The Hall–Kier alpha value is -1.60. The fourth-order valence-electron chi connectivity index (χ4n) is 1.98. The average molecular weight is 330 g/mol. The molecule has 0 aliphatic carbocycles. The van der Waals surface area contributed by atoms with Crippen molar-refractivity contribution in [3.8, 4) is 16.3 Å². The Morgan fingerprint density at radius 3 is 2.45 bits per heavy atom. The molecule has 2 rings (SSSR count). The van der Waals surface area contributed by atoms with Crippen molar-refractivity contribution in [2.45, 2.75) is 32.0 Å². The molecule has 0 atom stereocenters. The first kappa shape index (κ1) is 16.8. The number of nitrogens with two attached hydrogens (primary N) is 1. The second-order valence-corrected chi connectivity index (χ2v) is 5.67. The summed E-state index contributed by atoms with van der Waals surface area (Å²) in [6, 6.07) is 5.76. The number of halogens is 3. The summed E-state index contributed by atoms with van der Waals surface area (Å²) in [5.41, 5.74) is 7.24. The Morgan fingerprint density at radius 2 is 1.82 bits per heavy atom. The number of aryl methyl sites for hydroxylation is 1. The zero-order valence-electron chi connectivity index (χ0n) is 11.9. The molecule has 1 aromatic carbocycles. The Kier molecular flexibility index (Phi) is 5.79. The van der Waals surface area contributed by atoms with Gasteiger partial charge in [0.1, 0.15) is 10.8 Å². The molecule has 2 aromatic rings. The number of hydrogen-bond donors (Lipinski definition) is 1. The van der Waals surface area contributed by atoms with Crippen LogP contribution in [-0.4, -0.2) is 17.9 Å². The first-order chi connectivity index (χ1) is 10.5. The van der Waals surface area contributed by atoms with Crippen molar-refractivity contribution in [2.75, 3.05) is 6.54 Å². The third-order valence-electron chi connectivity index (χ3n) is 3.02. The minimum atomic E-state index is -4.67. The molecule has 0 fully saturated rings. The van der Waals surface area contributed by atoms with Crippen molar-refractivity contribution in [1.29, 1.82) is 0 Å². The van der Waals surface area contributed by atoms with Crippen LogP contribution in [0.3, 0.4) is 0 Å². The second kappa shape index (κ2) is 7.60. The van der Waals surface area contributed by atoms with Gasteiger partial charge < -0.3 is 10.5 Å². The maximum absolute atomic E-state index is 12.1. The second-order valence-electron chi connectivity index (χ2n) is 4.82. The van der Waals surface area contributed by atoms with Gasteiger partial charge in [-0.1, -0.05) is 6.42 Å². The summed E-state index contributed by atoms with van der Waals surface area (Å²) in [6.45, 7) is 0.703. The predicted molar refractivity (Wildman–Crippen MR) is 80.8 cm³/mol. The third-order valence-corrected chi connectivity index (χ3v) is 3.96. The van der Waals surface area contributed by atoms with Crippen LogP contribution in [0.1, 0.15) is 25.0 Å². The third kappa shape index (κ3) is 5.31. The van der Waals surface area contributed by atoms with Gasteiger partial charge in [0.25, 0.3) is 0 Å². The molecule has 22 heavy (non-hydrogen) atoms. The molecule has 0 unspecified atom stereocenters. The van der Waals surface area contributed by atoms with E-state index in [1.165, 1.54) is 23.5 Å². The Morgan fingerprint density at radius 1 is 1.09 bits per heavy atom. The molecule has 0 spiro atoms. The topological polar surface area (TPSA) is 48.1 Å². The van der Waals surface area contributed by atoms with E-state index in [0.29, 0.717) is 6.54 Å². The standard InChI is InChI=1S/C15H17F3N2OS/c16-15(17,18)21-13-7-5-11(6-8-13)14-20-12(10-22-14)4-2-1-3-9-19/h5-8,10H,1-4,9,19H2. The molecular weight excluding hydrogens is 313 g/mol. The van der Waals surface area contributed by atoms with E-state index in [0.717, 1.165) is 41.9 Å². The van der Waals surface area contributed by atoms with E-state index >= 15 is 0 Å². The fraction of sp³-hybridized carbons (Fsp3) is 0.400. The highest BCUT2D eigenvalue weighted by Crippen LogP contribution is 2.28. The van der Waals surface area contributed by atoms with Crippen LogP contribution >= 0.6 is 11.3 Å². The van der Waals surface area contributed by atoms with E-state index in [2.05, 4.69) is 9.72 Å². The normalized spacial score (nSPS) is 11.6. The molecule has 0 radical (unpaired) electrons. The van der Waals surface area contributed by atoms with E-state index in [1.807, 2.05) is 5.38 Å². The highest BCUT2D eigenvalue weighted by atomic mass is 32.1. The number of aromatic nitrogens is 1. The van der Waals surface area contributed by atoms with Crippen LogP contribution in [0.5, 0.6) is 5.75 Å². The van der Waals surface area contributed by atoms with Crippen molar-refractivity contribution in [2.24, 2.45) is 5.73 Å². The molecule has 0 aliphatic rings. The van der Waals surface area contributed by atoms with Crippen LogP contribution in [0.15, 0.2) is 29.6 Å². The maximum Gasteiger partial charge on any atom is 0.573 e. The quantitative estimate of drug-likeness (QED) is 0.766. The van der Waals surface area contributed by atoms with Gasteiger partial charge >= 0.3 is 6.36 Å². The Labute approximate surface area is 130 Å². The molecule has 0 aliphatic heterocycles. The van der Waals surface area contributed by atoms with Gasteiger partial charge in [-0.3, -0.25) is 0 Å². The van der Waals surface area contributed by atoms with Gasteiger partial charge in [0.05, 0.1) is 5.69 Å². The van der Waals surface area contributed by atoms with Gasteiger partial charge in [0.2, 0.25) is 0 Å². The van der Waals surface area contributed by atoms with Gasteiger partial charge in [-0.05, 0) is 50.1 Å². The first-order valence-corrected chi connectivity index (χ1v) is 7.86. The van der Waals surface area contributed by atoms with Gasteiger partial charge in [0, 0.05) is 10.9 Å². The lowest BCUT2D eigenvalue weighted by Crippen LogP contribution is -2.16. The molecule has 120 valence electrons. The largest absolute Gasteiger partial charge is 0.573 e. The summed E-state index contributed by atoms with van der Waals surface area (Å²) in [5.74, 6) is -0.227. The number of nitrogens with zero attached hydrogens (tertiary/aromatic N) is 1. The number of hydrogen-bond acceptors (Lipinski definition) is 4. The highest BCUT2D eigenvalue weighted by molar-refractivity contribution is 7.13. The molecule has 2 N–H and O–H groups in total. The van der Waals surface area contributed by atoms with Crippen LogP contribution in [0.4, 0.5) is 13.2 Å². The van der Waals surface area contributed by atoms with E-state index in [9.17, 15) is 13.2 Å². The molecule has 0 bridgehead atoms. The van der Waals surface area contributed by atoms with Crippen molar-refractivity contribution < 1.29 is 17.9 Å². The van der Waals surface area contributed by atoms with Crippen molar-refractivity contribution >= 4 is 11.3 Å². The maximum atomic E-state index is 12.1. The zero-order valence-corrected chi connectivity index (χ0v) is 12.7. The number of ether oxygens (including phenoxy) is 1. The van der Waals surface area contributed by atoms with Crippen LogP contribution in [0.2, 0.25) is 0 Å². The molecular formula is C15H17F3N2OS. The minimum Gasteiger partial charge on any atom is -0.406 e. The molecule has 0 saturated heterocycles. The summed E-state index contributed by atoms with van der Waals surface area (Å²) in [7, 11) is 0. The smallest absolute Gasteiger partial charge is 0.406 e. The Balaban J connectivity index is 1.96. The lowest BCUT2D eigenvalue weighted by atomic mass is 10.1. The lowest BCUT2D eigenvalue weighted by Gasteiger charge is -2.08. The van der Waals surface area contributed by atoms with E-state index in [4.69, 9.17) is 5.73 Å². The van der Waals surface area contributed by atoms with Crippen LogP contribution in [0, 0.1) is 0 Å². The Bertz CT molecular complexity index is 581. The SMILES string of the molecule is NCCCCCc1csc(-c2ccc(OC(F)(F)F)cc2)n1. The van der Waals surface area contributed by atoms with E-state index < -0.39 is 6.36 Å². The number of benzene rings is 1. The zero-order chi connectivity index (χ0) is 16.0. The van der Waals surface area contributed by atoms with Gasteiger partial charge in [-0.2, -0.15) is 0 Å². The summed E-state index contributed by atoms with van der Waals surface area (Å²) >= 11 is 1.49. The first-order valence-electron chi connectivity index (χ1n) is 6.98. The highest BCUT2D eigenvalue weighted by Gasteiger charge is 2.30. The fourth-order valence-corrected chi connectivity index (χ4v) is 2.84. The molecule has 1 heterocycles. The molecule has 0 saturated carbocycles. The molecule has 0 amide bonds. The van der Waals surface area contributed by atoms with Gasteiger partial charge in [0.15, 0.2) is 0 Å². The molecule has 7 heteroatoms. The summed E-state index contributed by atoms with van der Waals surface area (Å²) in [4.78, 5) is 4.51. The van der Waals surface area contributed by atoms with Crippen molar-refractivity contribution in [3.63, 3.8) is 0 Å². The molecule has 1 aromatic heterocycles. The van der Waals surface area contributed by atoms with Crippen molar-refractivity contribution in [3.05, 3.63) is 35.3 Å². The van der Waals surface area contributed by atoms with Crippen LogP contribution in [0.25, 0.3) is 10.6 Å². The number of unbranched alkanes of at least 4 members (excludes halogenated alkanes) is 2. The summed E-state index contributed by atoms with van der Waals surface area (Å²) < 4.78 is 40.1. The van der Waals surface area contributed by atoms with Gasteiger partial charge in [-0.15, -0.1) is 24.5 Å². The minimum absolute atomic E-state index is 0.227. The monoisotopic (exact) mass is 330 g/mol. The average Bonchev–Trinajstić information content (AvgIpc) is 2.91. The predicted octanol–water partition coefficient (Wildman–Crippen LogP) is 4.38. The number of thiazole rings is 1. The van der Waals surface area contributed by atoms with E-state index in [1.54, 1.807) is 12.1 Å². The van der Waals surface area contributed by atoms with E-state index in [-0.39, 0.29) is 5.75 Å². The number of alkyl halides is 3. The summed E-state index contributed by atoms with van der Waals surface area (Å²) in [5, 5.41) is 2.78.